The lowest BCUT2D eigenvalue weighted by Gasteiger charge is -2.36. The Morgan fingerprint density at radius 1 is 1.15 bits per heavy atom. The van der Waals surface area contributed by atoms with Gasteiger partial charge in [-0.1, -0.05) is 13.8 Å². The number of benzene rings is 1. The second-order valence-corrected chi connectivity index (χ2v) is 7.26. The van der Waals surface area contributed by atoms with E-state index in [1.807, 2.05) is 12.1 Å². The third kappa shape index (κ3) is 3.61. The third-order valence-corrected chi connectivity index (χ3v) is 4.91. The van der Waals surface area contributed by atoms with E-state index in [0.29, 0.717) is 24.6 Å². The first-order valence-electron chi connectivity index (χ1n) is 9.00. The molecule has 3 N–H and O–H groups in total. The summed E-state index contributed by atoms with van der Waals surface area (Å²) >= 11 is 0. The lowest BCUT2D eigenvalue weighted by atomic mass is 10.1. The van der Waals surface area contributed by atoms with E-state index in [2.05, 4.69) is 23.9 Å². The van der Waals surface area contributed by atoms with Crippen molar-refractivity contribution in [2.24, 2.45) is 11.7 Å². The summed E-state index contributed by atoms with van der Waals surface area (Å²) in [6.07, 6.45) is 0.636. The van der Waals surface area contributed by atoms with E-state index >= 15 is 0 Å². The number of carbonyl (C=O) groups is 2. The van der Waals surface area contributed by atoms with Gasteiger partial charge in [0.1, 0.15) is 0 Å². The predicted molar refractivity (Wildman–Crippen MR) is 99.7 cm³/mol. The Hall–Kier alpha value is -2.70. The molecular formula is C19H26N4O3. The third-order valence-electron chi connectivity index (χ3n) is 4.91. The summed E-state index contributed by atoms with van der Waals surface area (Å²) in [5.41, 5.74) is 9.38. The van der Waals surface area contributed by atoms with Crippen molar-refractivity contribution < 1.29 is 14.7 Å². The topological polar surface area (TPSA) is 90.1 Å². The molecule has 0 spiro atoms. The Morgan fingerprint density at radius 2 is 1.81 bits per heavy atom. The summed E-state index contributed by atoms with van der Waals surface area (Å²) in [5.74, 6) is 0.0350. The van der Waals surface area contributed by atoms with Crippen molar-refractivity contribution in [1.29, 1.82) is 0 Å². The van der Waals surface area contributed by atoms with Crippen molar-refractivity contribution in [3.63, 3.8) is 0 Å². The normalized spacial score (nSPS) is 17.6. The highest BCUT2D eigenvalue weighted by molar-refractivity contribution is 5.93. The van der Waals surface area contributed by atoms with Gasteiger partial charge in [-0.3, -0.25) is 14.8 Å². The average Bonchev–Trinajstić information content (AvgIpc) is 2.78. The van der Waals surface area contributed by atoms with E-state index in [0.717, 1.165) is 31.6 Å². The van der Waals surface area contributed by atoms with Crippen LogP contribution in [0, 0.1) is 5.92 Å². The molecule has 0 saturated carbocycles. The number of primary amides is 1. The molecule has 2 amide bonds. The molecule has 0 unspecified atom stereocenters. The number of hydrazine groups is 1. The van der Waals surface area contributed by atoms with Gasteiger partial charge >= 0.3 is 6.09 Å². The fourth-order valence-electron chi connectivity index (χ4n) is 3.61. The first kappa shape index (κ1) is 18.1. The number of carboxylic acid groups (broad SMARTS) is 1. The molecule has 0 aromatic heterocycles. The Labute approximate surface area is 153 Å². The lowest BCUT2D eigenvalue weighted by Crippen LogP contribution is -2.41. The van der Waals surface area contributed by atoms with Gasteiger partial charge in [0.2, 0.25) is 5.91 Å². The van der Waals surface area contributed by atoms with Crippen molar-refractivity contribution in [1.82, 2.24) is 9.91 Å². The first-order valence-corrected chi connectivity index (χ1v) is 9.00. The number of amides is 2. The van der Waals surface area contributed by atoms with Crippen LogP contribution in [0.1, 0.15) is 37.0 Å². The SMILES string of the molecule is CC(C)CN1C2=C(CCN(C(=O)O)CC2)CN1c1ccc(C(N)=O)cc1. The molecule has 0 bridgehead atoms. The van der Waals surface area contributed by atoms with E-state index in [9.17, 15) is 14.7 Å². The van der Waals surface area contributed by atoms with Gasteiger partial charge in [-0.05, 0) is 42.2 Å². The number of hydrogen-bond donors (Lipinski definition) is 2. The largest absolute Gasteiger partial charge is 0.465 e. The van der Waals surface area contributed by atoms with Crippen LogP contribution in [0.2, 0.25) is 0 Å². The summed E-state index contributed by atoms with van der Waals surface area (Å²) in [7, 11) is 0. The van der Waals surface area contributed by atoms with Gasteiger partial charge in [0, 0.05) is 37.3 Å². The van der Waals surface area contributed by atoms with E-state index in [1.54, 1.807) is 12.1 Å². The van der Waals surface area contributed by atoms with Gasteiger partial charge in [0.15, 0.2) is 0 Å². The molecule has 1 aromatic rings. The lowest BCUT2D eigenvalue weighted by molar-refractivity contribution is 0.1000. The van der Waals surface area contributed by atoms with Crippen LogP contribution < -0.4 is 10.7 Å². The van der Waals surface area contributed by atoms with Gasteiger partial charge in [-0.2, -0.15) is 0 Å². The molecule has 140 valence electrons. The van der Waals surface area contributed by atoms with Gasteiger partial charge in [-0.15, -0.1) is 0 Å². The fraction of sp³-hybridized carbons (Fsp3) is 0.474. The fourth-order valence-corrected chi connectivity index (χ4v) is 3.61. The molecule has 1 aromatic carbocycles. The molecule has 7 nitrogen and oxygen atoms in total. The van der Waals surface area contributed by atoms with Crippen LogP contribution in [0.5, 0.6) is 0 Å². The Morgan fingerprint density at radius 3 is 2.38 bits per heavy atom. The molecule has 0 radical (unpaired) electrons. The monoisotopic (exact) mass is 358 g/mol. The van der Waals surface area contributed by atoms with Crippen molar-refractivity contribution >= 4 is 17.7 Å². The van der Waals surface area contributed by atoms with Gasteiger partial charge in [-0.25, -0.2) is 4.79 Å². The zero-order chi connectivity index (χ0) is 18.8. The van der Waals surface area contributed by atoms with Crippen LogP contribution in [0.25, 0.3) is 0 Å². The van der Waals surface area contributed by atoms with Crippen molar-refractivity contribution in [2.45, 2.75) is 26.7 Å². The van der Waals surface area contributed by atoms with Gasteiger partial charge in [0.05, 0.1) is 12.2 Å². The molecule has 0 atom stereocenters. The minimum Gasteiger partial charge on any atom is -0.465 e. The first-order chi connectivity index (χ1) is 12.4. The number of carbonyl (C=O) groups excluding carboxylic acids is 1. The summed E-state index contributed by atoms with van der Waals surface area (Å²) in [5, 5.41) is 13.8. The smallest absolute Gasteiger partial charge is 0.407 e. The van der Waals surface area contributed by atoms with Gasteiger partial charge < -0.3 is 15.7 Å². The summed E-state index contributed by atoms with van der Waals surface area (Å²) in [6.45, 7) is 7.03. The van der Waals surface area contributed by atoms with E-state index in [4.69, 9.17) is 5.73 Å². The van der Waals surface area contributed by atoms with Crippen molar-refractivity contribution in [3.05, 3.63) is 41.1 Å². The van der Waals surface area contributed by atoms with Crippen LogP contribution in [0.3, 0.4) is 0 Å². The standard InChI is InChI=1S/C19H26N4O3/c1-13(2)11-23-17-8-10-21(19(25)26)9-7-15(17)12-22(23)16-5-3-14(4-6-16)18(20)24/h3-6,13H,7-12H2,1-2H3,(H2,20,24)(H,25,26). The highest BCUT2D eigenvalue weighted by atomic mass is 16.4. The maximum Gasteiger partial charge on any atom is 0.407 e. The molecule has 0 saturated heterocycles. The number of nitrogens with zero attached hydrogens (tertiary/aromatic N) is 3. The average molecular weight is 358 g/mol. The predicted octanol–water partition coefficient (Wildman–Crippen LogP) is 2.51. The highest BCUT2D eigenvalue weighted by Gasteiger charge is 2.33. The Kier molecular flexibility index (Phi) is 5.06. The van der Waals surface area contributed by atoms with Crippen LogP contribution in [-0.4, -0.2) is 53.2 Å². The zero-order valence-electron chi connectivity index (χ0n) is 15.3. The molecule has 2 aliphatic rings. The summed E-state index contributed by atoms with van der Waals surface area (Å²) < 4.78 is 0. The summed E-state index contributed by atoms with van der Waals surface area (Å²) in [4.78, 5) is 24.1. The minimum atomic E-state index is -0.847. The minimum absolute atomic E-state index is 0.431. The molecular weight excluding hydrogens is 332 g/mol. The number of nitrogens with two attached hydrogens (primary N) is 1. The molecule has 0 aliphatic carbocycles. The zero-order valence-corrected chi connectivity index (χ0v) is 15.3. The van der Waals surface area contributed by atoms with E-state index in [1.165, 1.54) is 16.2 Å². The second kappa shape index (κ2) is 7.27. The van der Waals surface area contributed by atoms with E-state index in [-0.39, 0.29) is 0 Å². The van der Waals surface area contributed by atoms with Crippen LogP contribution in [0.15, 0.2) is 35.5 Å². The van der Waals surface area contributed by atoms with Crippen LogP contribution in [0.4, 0.5) is 10.5 Å². The number of rotatable bonds is 4. The molecule has 2 heterocycles. The summed E-state index contributed by atoms with van der Waals surface area (Å²) in [6, 6.07) is 7.34. The molecule has 3 rings (SSSR count). The maximum atomic E-state index is 11.3. The molecule has 0 fully saturated rings. The second-order valence-electron chi connectivity index (χ2n) is 7.26. The maximum absolute atomic E-state index is 11.3. The van der Waals surface area contributed by atoms with Crippen LogP contribution >= 0.6 is 0 Å². The Balaban J connectivity index is 1.84. The number of hydrogen-bond acceptors (Lipinski definition) is 4. The highest BCUT2D eigenvalue weighted by Crippen LogP contribution is 2.34. The number of anilines is 1. The van der Waals surface area contributed by atoms with Gasteiger partial charge in [0.25, 0.3) is 0 Å². The Bertz CT molecular complexity index is 727. The molecule has 26 heavy (non-hydrogen) atoms. The van der Waals surface area contributed by atoms with Crippen molar-refractivity contribution in [3.8, 4) is 0 Å². The molecule has 7 heteroatoms. The van der Waals surface area contributed by atoms with E-state index < -0.39 is 12.0 Å². The quantitative estimate of drug-likeness (QED) is 0.863. The van der Waals surface area contributed by atoms with Crippen molar-refractivity contribution in [2.75, 3.05) is 31.2 Å². The van der Waals surface area contributed by atoms with Crippen LogP contribution in [-0.2, 0) is 0 Å². The molecule has 2 aliphatic heterocycles.